The smallest absolute Gasteiger partial charge is 0.356 e. The summed E-state index contributed by atoms with van der Waals surface area (Å²) in [5, 5.41) is 15.5. The molecule has 1 unspecified atom stereocenters. The van der Waals surface area contributed by atoms with Crippen molar-refractivity contribution in [2.24, 2.45) is 0 Å². The van der Waals surface area contributed by atoms with Gasteiger partial charge in [0.15, 0.2) is 5.78 Å². The van der Waals surface area contributed by atoms with Gasteiger partial charge in [0.2, 0.25) is 5.52 Å². The number of carbonyl (C=O) groups excluding carboxylic acids is 1. The number of aromatic nitrogens is 1. The Morgan fingerprint density at radius 1 is 1.17 bits per heavy atom. The fraction of sp³-hybridized carbons (Fsp3) is 0.167. The minimum absolute atomic E-state index is 0.0592. The molecular weight excluding hydrogens is 522 g/mol. The molecule has 3 aromatic rings. The first kappa shape index (κ1) is 24.4. The lowest BCUT2D eigenvalue weighted by atomic mass is 9.88. The number of hydrogen-bond donors (Lipinski definition) is 2. The fourth-order valence-electron chi connectivity index (χ4n) is 4.21. The van der Waals surface area contributed by atoms with E-state index in [2.05, 4.69) is 20.2 Å². The molecule has 2 N–H and O–H groups in total. The maximum atomic E-state index is 13.0. The van der Waals surface area contributed by atoms with Crippen molar-refractivity contribution in [2.75, 3.05) is 11.4 Å². The van der Waals surface area contributed by atoms with Gasteiger partial charge in [-0.05, 0) is 49.5 Å². The zero-order valence-corrected chi connectivity index (χ0v) is 22.6. The number of allylic oxidation sites excluding steroid dienone is 3. The first-order chi connectivity index (χ1) is 16.6. The fourth-order valence-corrected chi connectivity index (χ4v) is 7.67. The van der Waals surface area contributed by atoms with Crippen LogP contribution in [0.5, 0.6) is 0 Å². The molecule has 11 heteroatoms. The Morgan fingerprint density at radius 2 is 1.94 bits per heavy atom. The molecule has 1 aromatic heterocycles. The number of hydrogen-bond acceptors (Lipinski definition) is 6. The van der Waals surface area contributed by atoms with Crippen molar-refractivity contribution in [3.63, 3.8) is 0 Å². The molecule has 0 saturated carbocycles. The molecule has 180 valence electrons. The summed E-state index contributed by atoms with van der Waals surface area (Å²) in [5.41, 5.74) is 2.15. The quantitative estimate of drug-likeness (QED) is 0.289. The summed E-state index contributed by atoms with van der Waals surface area (Å²) in [6.07, 6.45) is 3.27. The highest BCUT2D eigenvalue weighted by molar-refractivity contribution is 8.03. The Kier molecular flexibility index (Phi) is 6.29. The van der Waals surface area contributed by atoms with E-state index in [1.165, 1.54) is 23.5 Å². The second-order valence-electron chi connectivity index (χ2n) is 8.07. The standard InChI is InChI=1S/C24H22N2O5P2S2/c1-3-25-17-7-5-13(32)9-19(17)34-21(25)11-15-23(27)16(24(15)28)12-22-26(4-2)18-8-6-14(33(29,30)31)10-20(18)35-22/h5-12H,3-4,32H2,1-2H3,(H2-,27,28,29,30,31). The van der Waals surface area contributed by atoms with Crippen molar-refractivity contribution in [1.29, 1.82) is 0 Å². The van der Waals surface area contributed by atoms with Crippen LogP contribution in [0.3, 0.4) is 0 Å². The van der Waals surface area contributed by atoms with Crippen molar-refractivity contribution in [3.05, 3.63) is 69.4 Å². The first-order valence-electron chi connectivity index (χ1n) is 10.9. The summed E-state index contributed by atoms with van der Waals surface area (Å²) in [6.45, 7) is 5.26. The third-order valence-corrected chi connectivity index (χ3v) is 9.45. The van der Waals surface area contributed by atoms with Crippen LogP contribution in [0.25, 0.3) is 16.3 Å². The molecule has 0 spiro atoms. The molecule has 1 atom stereocenters. The Morgan fingerprint density at radius 3 is 2.60 bits per heavy atom. The van der Waals surface area contributed by atoms with Crippen LogP contribution < -0.4 is 25.2 Å². The van der Waals surface area contributed by atoms with Crippen molar-refractivity contribution < 1.29 is 28.8 Å². The van der Waals surface area contributed by atoms with E-state index < -0.39 is 7.60 Å². The number of fused-ring (bicyclic) bond motifs is 2. The number of ketones is 1. The molecule has 0 amide bonds. The van der Waals surface area contributed by atoms with Crippen molar-refractivity contribution >= 4 is 78.3 Å². The van der Waals surface area contributed by atoms with E-state index in [1.54, 1.807) is 30.0 Å². The number of benzene rings is 2. The largest absolute Gasteiger partial charge is 0.871 e. The molecule has 2 aliphatic rings. The van der Waals surface area contributed by atoms with Crippen molar-refractivity contribution in [3.8, 4) is 0 Å². The van der Waals surface area contributed by atoms with Crippen LogP contribution >= 0.6 is 39.9 Å². The van der Waals surface area contributed by atoms with Gasteiger partial charge in [-0.2, -0.15) is 4.57 Å². The number of thiazole rings is 1. The van der Waals surface area contributed by atoms with Crippen LogP contribution in [-0.2, 0) is 15.9 Å². The van der Waals surface area contributed by atoms with Gasteiger partial charge in [-0.25, -0.2) is 0 Å². The Bertz CT molecular complexity index is 1550. The van der Waals surface area contributed by atoms with Crippen LogP contribution in [0.1, 0.15) is 18.9 Å². The molecule has 2 aromatic carbocycles. The molecule has 5 rings (SSSR count). The predicted molar refractivity (Wildman–Crippen MR) is 142 cm³/mol. The third kappa shape index (κ3) is 4.20. The summed E-state index contributed by atoms with van der Waals surface area (Å²) >= 11 is 2.84. The highest BCUT2D eigenvalue weighted by Crippen LogP contribution is 2.47. The second-order valence-corrected chi connectivity index (χ2v) is 12.5. The SMILES string of the molecule is CCN1C(=CC2=C([O-])C(=Cc3sc4cc(P(=O)(O)O)ccc4[n+]3CC)C2=O)Sc2cc(P)ccc21. The van der Waals surface area contributed by atoms with Gasteiger partial charge < -0.3 is 19.8 Å². The highest BCUT2D eigenvalue weighted by atomic mass is 32.2. The highest BCUT2D eigenvalue weighted by Gasteiger charge is 2.31. The molecule has 1 aliphatic carbocycles. The number of anilines is 1. The summed E-state index contributed by atoms with van der Waals surface area (Å²) in [6, 6.07) is 10.7. The molecule has 7 nitrogen and oxygen atoms in total. The van der Waals surface area contributed by atoms with E-state index in [0.717, 1.165) is 33.0 Å². The topological polar surface area (TPSA) is 105 Å². The van der Waals surface area contributed by atoms with Crippen molar-refractivity contribution in [2.45, 2.75) is 25.3 Å². The van der Waals surface area contributed by atoms with E-state index >= 15 is 0 Å². The second kappa shape index (κ2) is 9.00. The van der Waals surface area contributed by atoms with E-state index in [9.17, 15) is 24.3 Å². The Hall–Kier alpha value is -2.25. The summed E-state index contributed by atoms with van der Waals surface area (Å²) < 4.78 is 14.3. The number of thioether (sulfide) groups is 1. The molecule has 0 fully saturated rings. The maximum Gasteiger partial charge on any atom is 0.356 e. The van der Waals surface area contributed by atoms with E-state index in [1.807, 2.05) is 30.5 Å². The normalized spacial score (nSPS) is 18.2. The van der Waals surface area contributed by atoms with E-state index in [0.29, 0.717) is 16.3 Å². The van der Waals surface area contributed by atoms with Crippen LogP contribution in [-0.4, -0.2) is 22.1 Å². The molecule has 0 bridgehead atoms. The lowest BCUT2D eigenvalue weighted by Gasteiger charge is -2.29. The zero-order chi connectivity index (χ0) is 25.1. The Balaban J connectivity index is 1.51. The van der Waals surface area contributed by atoms with Gasteiger partial charge in [0, 0.05) is 34.7 Å². The Labute approximate surface area is 212 Å². The van der Waals surface area contributed by atoms with Gasteiger partial charge in [0.25, 0.3) is 5.01 Å². The third-order valence-electron chi connectivity index (χ3n) is 5.95. The van der Waals surface area contributed by atoms with Gasteiger partial charge in [-0.3, -0.25) is 9.36 Å². The molecular formula is C24H22N2O5P2S2. The minimum atomic E-state index is -4.38. The average Bonchev–Trinajstić information content (AvgIpc) is 3.35. The van der Waals surface area contributed by atoms with Gasteiger partial charge in [-0.1, -0.05) is 34.9 Å². The predicted octanol–water partition coefficient (Wildman–Crippen LogP) is 2.57. The van der Waals surface area contributed by atoms with Crippen LogP contribution in [0.4, 0.5) is 5.69 Å². The lowest BCUT2D eigenvalue weighted by Crippen LogP contribution is -2.35. The first-order valence-corrected chi connectivity index (χ1v) is 14.7. The van der Waals surface area contributed by atoms with E-state index in [-0.39, 0.29) is 28.0 Å². The number of Topliss-reactive ketones (excluding diaryl/α,β-unsaturated/α-hetero) is 1. The number of aryl methyl sites for hydroxylation is 1. The summed E-state index contributed by atoms with van der Waals surface area (Å²) in [5.74, 6) is -0.587. The van der Waals surface area contributed by atoms with Crippen LogP contribution in [0, 0.1) is 0 Å². The van der Waals surface area contributed by atoms with Gasteiger partial charge in [0.1, 0.15) is 11.2 Å². The lowest BCUT2D eigenvalue weighted by molar-refractivity contribution is -0.665. The monoisotopic (exact) mass is 544 g/mol. The zero-order valence-electron chi connectivity index (χ0n) is 18.9. The van der Waals surface area contributed by atoms with E-state index in [4.69, 9.17) is 0 Å². The van der Waals surface area contributed by atoms with Crippen molar-refractivity contribution in [1.82, 2.24) is 0 Å². The van der Waals surface area contributed by atoms with Gasteiger partial charge in [0.05, 0.1) is 16.0 Å². The number of carbonyl (C=O) groups is 1. The number of nitrogens with zero attached hydrogens (tertiary/aromatic N) is 2. The molecule has 0 radical (unpaired) electrons. The maximum absolute atomic E-state index is 13.0. The summed E-state index contributed by atoms with van der Waals surface area (Å²) in [7, 11) is -1.70. The number of rotatable bonds is 5. The van der Waals surface area contributed by atoms with Gasteiger partial charge >= 0.3 is 7.60 Å². The van der Waals surface area contributed by atoms with Crippen LogP contribution in [0.15, 0.2) is 69.3 Å². The minimum Gasteiger partial charge on any atom is -0.871 e. The molecule has 2 heterocycles. The summed E-state index contributed by atoms with van der Waals surface area (Å²) in [4.78, 5) is 35.1. The van der Waals surface area contributed by atoms with Gasteiger partial charge in [-0.15, -0.1) is 9.24 Å². The average molecular weight is 545 g/mol. The molecule has 0 saturated heterocycles. The molecule has 1 aliphatic heterocycles. The molecule has 35 heavy (non-hydrogen) atoms. The van der Waals surface area contributed by atoms with Crippen LogP contribution in [0.2, 0.25) is 0 Å².